The summed E-state index contributed by atoms with van der Waals surface area (Å²) in [4.78, 5) is 26.7. The third kappa shape index (κ3) is 6.02. The molecule has 35 heavy (non-hydrogen) atoms. The van der Waals surface area contributed by atoms with Crippen LogP contribution in [0.2, 0.25) is 0 Å². The molecule has 4 aromatic carbocycles. The molecule has 0 spiro atoms. The van der Waals surface area contributed by atoms with Crippen LogP contribution in [-0.4, -0.2) is 22.0 Å². The van der Waals surface area contributed by atoms with Crippen molar-refractivity contribution < 1.29 is 19.8 Å². The number of carbonyl (C=O) groups is 2. The van der Waals surface area contributed by atoms with Crippen LogP contribution in [0.25, 0.3) is 0 Å². The molecule has 4 aromatic rings. The number of carbonyl (C=O) groups excluding carboxylic acids is 2. The first kappa shape index (κ1) is 23.9. The lowest BCUT2D eigenvalue weighted by molar-refractivity contribution is 0.101. The van der Waals surface area contributed by atoms with E-state index in [1.807, 2.05) is 26.0 Å². The van der Waals surface area contributed by atoms with Crippen LogP contribution in [0.5, 0.6) is 11.5 Å². The highest BCUT2D eigenvalue weighted by molar-refractivity contribution is 7.99. The maximum absolute atomic E-state index is 12.6. The molecule has 0 atom stereocenters. The van der Waals surface area contributed by atoms with Crippen molar-refractivity contribution in [3.8, 4) is 11.5 Å². The number of amides is 2. The highest BCUT2D eigenvalue weighted by Crippen LogP contribution is 2.37. The molecule has 6 nitrogen and oxygen atoms in total. The van der Waals surface area contributed by atoms with Gasteiger partial charge in [-0.15, -0.1) is 0 Å². The lowest BCUT2D eigenvalue weighted by atomic mass is 10.1. The molecule has 176 valence electrons. The molecule has 0 unspecified atom stereocenters. The molecule has 0 aliphatic carbocycles. The molecule has 7 heteroatoms. The van der Waals surface area contributed by atoms with Gasteiger partial charge in [-0.2, -0.15) is 0 Å². The average molecular weight is 485 g/mol. The van der Waals surface area contributed by atoms with Gasteiger partial charge in [0.1, 0.15) is 11.5 Å². The number of aryl methyl sites for hydroxylation is 2. The van der Waals surface area contributed by atoms with Crippen molar-refractivity contribution in [1.29, 1.82) is 0 Å². The Kier molecular flexibility index (Phi) is 7.08. The molecular formula is C28H24N2O4S. The summed E-state index contributed by atoms with van der Waals surface area (Å²) in [5, 5.41) is 26.0. The molecular weight excluding hydrogens is 460 g/mol. The van der Waals surface area contributed by atoms with E-state index in [0.29, 0.717) is 11.1 Å². The molecule has 0 aromatic heterocycles. The van der Waals surface area contributed by atoms with Gasteiger partial charge in [-0.3, -0.25) is 9.59 Å². The third-order valence-corrected chi connectivity index (χ3v) is 6.21. The molecule has 0 saturated heterocycles. The van der Waals surface area contributed by atoms with E-state index in [9.17, 15) is 19.8 Å². The van der Waals surface area contributed by atoms with E-state index in [1.54, 1.807) is 60.7 Å². The summed E-state index contributed by atoms with van der Waals surface area (Å²) in [7, 11) is 0. The predicted octanol–water partition coefficient (Wildman–Crippen LogP) is 6.37. The fourth-order valence-corrected chi connectivity index (χ4v) is 4.35. The molecule has 0 aliphatic heterocycles. The van der Waals surface area contributed by atoms with E-state index in [-0.39, 0.29) is 34.7 Å². The highest BCUT2D eigenvalue weighted by Gasteiger charge is 2.13. The molecule has 0 fully saturated rings. The van der Waals surface area contributed by atoms with E-state index >= 15 is 0 Å². The highest BCUT2D eigenvalue weighted by atomic mass is 32.2. The van der Waals surface area contributed by atoms with Gasteiger partial charge in [0.25, 0.3) is 11.8 Å². The number of hydrogen-bond donors (Lipinski definition) is 4. The first-order valence-corrected chi connectivity index (χ1v) is 11.7. The Morgan fingerprint density at radius 3 is 1.46 bits per heavy atom. The minimum Gasteiger partial charge on any atom is -0.506 e. The normalized spacial score (nSPS) is 10.6. The molecule has 0 heterocycles. The second-order valence-electron chi connectivity index (χ2n) is 8.11. The van der Waals surface area contributed by atoms with Gasteiger partial charge in [0.05, 0.1) is 11.4 Å². The fraction of sp³-hybridized carbons (Fsp3) is 0.0714. The number of anilines is 2. The van der Waals surface area contributed by atoms with Crippen LogP contribution < -0.4 is 10.6 Å². The maximum atomic E-state index is 12.6. The van der Waals surface area contributed by atoms with Gasteiger partial charge in [0.2, 0.25) is 0 Å². The van der Waals surface area contributed by atoms with Crippen molar-refractivity contribution in [3.63, 3.8) is 0 Å². The summed E-state index contributed by atoms with van der Waals surface area (Å²) in [6.07, 6.45) is 0. The van der Waals surface area contributed by atoms with E-state index in [0.717, 1.165) is 20.9 Å². The Labute approximate surface area is 207 Å². The summed E-state index contributed by atoms with van der Waals surface area (Å²) in [5.41, 5.74) is 3.49. The first-order chi connectivity index (χ1) is 16.8. The van der Waals surface area contributed by atoms with Crippen LogP contribution in [0.3, 0.4) is 0 Å². The molecule has 4 N–H and O–H groups in total. The Bertz CT molecular complexity index is 1310. The number of benzene rings is 4. The molecule has 0 radical (unpaired) electrons. The zero-order chi connectivity index (χ0) is 24.9. The number of phenols is 2. The van der Waals surface area contributed by atoms with Crippen molar-refractivity contribution in [2.75, 3.05) is 10.6 Å². The maximum Gasteiger partial charge on any atom is 0.255 e. The second kappa shape index (κ2) is 10.4. The smallest absolute Gasteiger partial charge is 0.255 e. The third-order valence-electron chi connectivity index (χ3n) is 5.23. The lowest BCUT2D eigenvalue weighted by Crippen LogP contribution is -2.12. The molecule has 0 bridgehead atoms. The number of hydrogen-bond acceptors (Lipinski definition) is 5. The minimum atomic E-state index is -0.322. The summed E-state index contributed by atoms with van der Waals surface area (Å²) in [6, 6.07) is 24.2. The number of nitrogens with one attached hydrogen (secondary N) is 2. The van der Waals surface area contributed by atoms with Crippen LogP contribution >= 0.6 is 11.8 Å². The zero-order valence-corrected chi connectivity index (χ0v) is 20.0. The van der Waals surface area contributed by atoms with Gasteiger partial charge in [0, 0.05) is 20.9 Å². The molecule has 4 rings (SSSR count). The lowest BCUT2D eigenvalue weighted by Gasteiger charge is -2.12. The van der Waals surface area contributed by atoms with Gasteiger partial charge in [-0.1, -0.05) is 47.2 Å². The van der Waals surface area contributed by atoms with Crippen molar-refractivity contribution in [3.05, 3.63) is 107 Å². The fourth-order valence-electron chi connectivity index (χ4n) is 3.46. The van der Waals surface area contributed by atoms with Crippen LogP contribution in [0.1, 0.15) is 31.8 Å². The quantitative estimate of drug-likeness (QED) is 0.238. The Morgan fingerprint density at radius 1 is 0.629 bits per heavy atom. The Morgan fingerprint density at radius 2 is 1.06 bits per heavy atom. The van der Waals surface area contributed by atoms with E-state index in [2.05, 4.69) is 10.6 Å². The molecule has 0 aliphatic rings. The van der Waals surface area contributed by atoms with E-state index in [1.165, 1.54) is 23.9 Å². The monoisotopic (exact) mass is 484 g/mol. The van der Waals surface area contributed by atoms with Crippen molar-refractivity contribution in [2.45, 2.75) is 23.6 Å². The number of rotatable bonds is 6. The standard InChI is InChI=1S/C28H24N2O4S/c1-17-5-3-7-19(13-17)27(33)29-23-15-21(9-11-25(23)31)35-22-10-12-26(32)24(16-22)30-28(34)20-8-4-6-18(2)14-20/h3-16,31-32H,1-2H3,(H,29,33)(H,30,34). The van der Waals surface area contributed by atoms with Crippen LogP contribution in [0, 0.1) is 13.8 Å². The van der Waals surface area contributed by atoms with Gasteiger partial charge in [-0.05, 0) is 74.5 Å². The van der Waals surface area contributed by atoms with Crippen molar-refractivity contribution >= 4 is 35.0 Å². The molecule has 0 saturated carbocycles. The molecule has 2 amide bonds. The Balaban J connectivity index is 1.51. The zero-order valence-electron chi connectivity index (χ0n) is 19.2. The predicted molar refractivity (Wildman–Crippen MR) is 139 cm³/mol. The van der Waals surface area contributed by atoms with Gasteiger partial charge < -0.3 is 20.8 Å². The topological polar surface area (TPSA) is 98.7 Å². The summed E-state index contributed by atoms with van der Waals surface area (Å²) >= 11 is 1.36. The Hall–Kier alpha value is -4.23. The first-order valence-electron chi connectivity index (χ1n) is 10.9. The average Bonchev–Trinajstić information content (AvgIpc) is 2.83. The summed E-state index contributed by atoms with van der Waals surface area (Å²) in [6.45, 7) is 3.81. The van der Waals surface area contributed by atoms with Crippen LogP contribution in [-0.2, 0) is 0 Å². The van der Waals surface area contributed by atoms with E-state index in [4.69, 9.17) is 0 Å². The minimum absolute atomic E-state index is 0.0489. The SMILES string of the molecule is Cc1cccc(C(=O)Nc2cc(Sc3ccc(O)c(NC(=O)c4cccc(C)c4)c3)ccc2O)c1. The second-order valence-corrected chi connectivity index (χ2v) is 9.25. The van der Waals surface area contributed by atoms with E-state index < -0.39 is 0 Å². The van der Waals surface area contributed by atoms with Gasteiger partial charge in [0.15, 0.2) is 0 Å². The largest absolute Gasteiger partial charge is 0.506 e. The van der Waals surface area contributed by atoms with Crippen LogP contribution in [0.15, 0.2) is 94.7 Å². The van der Waals surface area contributed by atoms with Crippen molar-refractivity contribution in [2.24, 2.45) is 0 Å². The van der Waals surface area contributed by atoms with Gasteiger partial charge >= 0.3 is 0 Å². The summed E-state index contributed by atoms with van der Waals surface area (Å²) < 4.78 is 0. The summed E-state index contributed by atoms with van der Waals surface area (Å²) in [5.74, 6) is -0.742. The number of phenolic OH excluding ortho intramolecular Hbond substituents is 2. The van der Waals surface area contributed by atoms with Gasteiger partial charge in [-0.25, -0.2) is 0 Å². The number of aromatic hydroxyl groups is 2. The van der Waals surface area contributed by atoms with Crippen molar-refractivity contribution in [1.82, 2.24) is 0 Å². The van der Waals surface area contributed by atoms with Crippen LogP contribution in [0.4, 0.5) is 11.4 Å².